The number of aromatic nitrogens is 3. The van der Waals surface area contributed by atoms with Gasteiger partial charge in [-0.3, -0.25) is 4.98 Å². The normalized spacial score (nSPS) is 12.9. The third-order valence-corrected chi connectivity index (χ3v) is 7.37. The van der Waals surface area contributed by atoms with Gasteiger partial charge in [-0.2, -0.15) is 16.4 Å². The molecule has 0 radical (unpaired) electrons. The SMILES string of the molecule is CC(C)(C)c1cccc2c(NC(N)=O)c(-c3ccnn3-c3ccsc3)c3c(c12)-c1ccnc(c1)CCO3. The summed E-state index contributed by atoms with van der Waals surface area (Å²) in [6, 6.07) is 13.7. The molecule has 2 aromatic carbocycles. The topological polar surface area (TPSA) is 95.1 Å². The highest BCUT2D eigenvalue weighted by Crippen LogP contribution is 2.52. The van der Waals surface area contributed by atoms with Gasteiger partial charge in [-0.1, -0.05) is 39.0 Å². The van der Waals surface area contributed by atoms with E-state index >= 15 is 0 Å². The summed E-state index contributed by atoms with van der Waals surface area (Å²) in [5.74, 6) is 0.696. The third kappa shape index (κ3) is 3.94. The van der Waals surface area contributed by atoms with Crippen molar-refractivity contribution in [2.75, 3.05) is 11.9 Å². The number of rotatable bonds is 3. The van der Waals surface area contributed by atoms with E-state index in [0.717, 1.165) is 50.1 Å². The summed E-state index contributed by atoms with van der Waals surface area (Å²) < 4.78 is 8.48. The molecule has 1 aliphatic rings. The van der Waals surface area contributed by atoms with Crippen LogP contribution in [0.3, 0.4) is 0 Å². The average Bonchev–Trinajstić information content (AvgIpc) is 3.54. The van der Waals surface area contributed by atoms with E-state index in [2.05, 4.69) is 48.3 Å². The van der Waals surface area contributed by atoms with E-state index < -0.39 is 6.03 Å². The van der Waals surface area contributed by atoms with Gasteiger partial charge in [-0.25, -0.2) is 9.48 Å². The number of anilines is 1. The smallest absolute Gasteiger partial charge is 0.316 e. The predicted molar refractivity (Wildman–Crippen MR) is 149 cm³/mol. The van der Waals surface area contributed by atoms with E-state index in [4.69, 9.17) is 10.5 Å². The average molecular weight is 510 g/mol. The minimum atomic E-state index is -0.637. The van der Waals surface area contributed by atoms with E-state index in [9.17, 15) is 4.79 Å². The largest absolute Gasteiger partial charge is 0.492 e. The molecule has 0 atom stereocenters. The fourth-order valence-corrected chi connectivity index (χ4v) is 5.78. The Morgan fingerprint density at radius 2 is 2.00 bits per heavy atom. The molecule has 7 nitrogen and oxygen atoms in total. The number of amides is 2. The molecule has 6 rings (SSSR count). The number of urea groups is 1. The van der Waals surface area contributed by atoms with E-state index in [0.29, 0.717) is 24.5 Å². The second-order valence-electron chi connectivity index (χ2n) is 10.2. The van der Waals surface area contributed by atoms with Crippen molar-refractivity contribution in [3.63, 3.8) is 0 Å². The summed E-state index contributed by atoms with van der Waals surface area (Å²) in [5, 5.41) is 13.5. The molecular weight excluding hydrogens is 482 g/mol. The molecule has 0 spiro atoms. The van der Waals surface area contributed by atoms with Gasteiger partial charge >= 0.3 is 6.03 Å². The minimum absolute atomic E-state index is 0.171. The van der Waals surface area contributed by atoms with Crippen LogP contribution in [-0.4, -0.2) is 27.4 Å². The highest BCUT2D eigenvalue weighted by molar-refractivity contribution is 7.08. The second kappa shape index (κ2) is 8.74. The molecule has 1 aliphatic heterocycles. The van der Waals surface area contributed by atoms with Crippen LogP contribution in [0.15, 0.2) is 65.6 Å². The molecule has 0 saturated heterocycles. The summed E-state index contributed by atoms with van der Waals surface area (Å²) in [4.78, 5) is 17.0. The van der Waals surface area contributed by atoms with Crippen molar-refractivity contribution in [1.82, 2.24) is 14.8 Å². The Balaban J connectivity index is 1.83. The predicted octanol–water partition coefficient (Wildman–Crippen LogP) is 6.54. The van der Waals surface area contributed by atoms with Gasteiger partial charge in [0.25, 0.3) is 0 Å². The van der Waals surface area contributed by atoms with Gasteiger partial charge in [-0.05, 0) is 51.6 Å². The van der Waals surface area contributed by atoms with Crippen LogP contribution in [0.1, 0.15) is 32.0 Å². The van der Waals surface area contributed by atoms with Crippen molar-refractivity contribution < 1.29 is 9.53 Å². The molecule has 0 fully saturated rings. The lowest BCUT2D eigenvalue weighted by Gasteiger charge is -2.29. The van der Waals surface area contributed by atoms with Gasteiger partial charge in [0.1, 0.15) is 5.75 Å². The number of carbonyl (C=O) groups is 1. The zero-order valence-corrected chi connectivity index (χ0v) is 21.7. The fraction of sp³-hybridized carbons (Fsp3) is 0.207. The number of primary amides is 1. The van der Waals surface area contributed by atoms with Crippen LogP contribution in [0.4, 0.5) is 10.5 Å². The van der Waals surface area contributed by atoms with Crippen molar-refractivity contribution in [3.05, 3.63) is 76.9 Å². The van der Waals surface area contributed by atoms with Crippen molar-refractivity contribution >= 4 is 33.8 Å². The first-order chi connectivity index (χ1) is 17.8. The van der Waals surface area contributed by atoms with E-state index in [1.54, 1.807) is 17.5 Å². The maximum absolute atomic E-state index is 12.4. The summed E-state index contributed by atoms with van der Waals surface area (Å²) >= 11 is 1.60. The van der Waals surface area contributed by atoms with Crippen LogP contribution in [0.2, 0.25) is 0 Å². The molecular formula is C29H27N5O2S. The maximum atomic E-state index is 12.4. The molecule has 2 amide bonds. The Bertz CT molecular complexity index is 1650. The molecule has 5 aromatic rings. The molecule has 37 heavy (non-hydrogen) atoms. The summed E-state index contributed by atoms with van der Waals surface area (Å²) in [5.41, 5.74) is 12.8. The third-order valence-electron chi connectivity index (χ3n) is 6.70. The summed E-state index contributed by atoms with van der Waals surface area (Å²) in [6.45, 7) is 7.02. The number of thiophene rings is 1. The lowest BCUT2D eigenvalue weighted by Crippen LogP contribution is -2.21. The molecule has 186 valence electrons. The summed E-state index contributed by atoms with van der Waals surface area (Å²) in [6.07, 6.45) is 4.29. The van der Waals surface area contributed by atoms with E-state index in [-0.39, 0.29) is 5.41 Å². The highest BCUT2D eigenvalue weighted by Gasteiger charge is 2.30. The van der Waals surface area contributed by atoms with Crippen LogP contribution < -0.4 is 15.8 Å². The van der Waals surface area contributed by atoms with Gasteiger partial charge in [0.15, 0.2) is 0 Å². The zero-order valence-electron chi connectivity index (χ0n) is 20.9. The van der Waals surface area contributed by atoms with Gasteiger partial charge in [0, 0.05) is 34.6 Å². The first-order valence-electron chi connectivity index (χ1n) is 12.2. The fourth-order valence-electron chi connectivity index (χ4n) is 5.16. The molecule has 2 bridgehead atoms. The van der Waals surface area contributed by atoms with Crippen molar-refractivity contribution in [2.45, 2.75) is 32.6 Å². The molecule has 0 saturated carbocycles. The molecule has 3 N–H and O–H groups in total. The van der Waals surface area contributed by atoms with Crippen molar-refractivity contribution in [1.29, 1.82) is 0 Å². The Morgan fingerprint density at radius 3 is 2.76 bits per heavy atom. The minimum Gasteiger partial charge on any atom is -0.492 e. The van der Waals surface area contributed by atoms with Gasteiger partial charge in [0.2, 0.25) is 0 Å². The Hall–Kier alpha value is -4.17. The molecule has 8 heteroatoms. The molecule has 0 unspecified atom stereocenters. The lowest BCUT2D eigenvalue weighted by atomic mass is 9.79. The maximum Gasteiger partial charge on any atom is 0.316 e. The number of ether oxygens (including phenoxy) is 1. The lowest BCUT2D eigenvalue weighted by molar-refractivity contribution is 0.259. The van der Waals surface area contributed by atoms with Crippen LogP contribution in [0, 0.1) is 0 Å². The first-order valence-corrected chi connectivity index (χ1v) is 13.1. The number of benzene rings is 2. The molecule has 3 aromatic heterocycles. The molecule has 0 aliphatic carbocycles. The number of hydrogen-bond acceptors (Lipinski definition) is 5. The van der Waals surface area contributed by atoms with E-state index in [1.807, 2.05) is 52.0 Å². The standard InChI is InChI=1S/C29H27N5O2S/c1-29(2,3)21-6-4-5-20-24(21)23-17-7-11-31-18(15-17)9-13-36-27(23)25(26(20)33-28(30)35)22-8-12-32-34(22)19-10-14-37-16-19/h4-8,10-12,14-16H,9,13H2,1-3H3,(H3,30,33,35). The van der Waals surface area contributed by atoms with Crippen molar-refractivity contribution in [2.24, 2.45) is 5.73 Å². The number of nitrogens with zero attached hydrogens (tertiary/aromatic N) is 3. The number of nitrogens with two attached hydrogens (primary N) is 1. The van der Waals surface area contributed by atoms with Crippen LogP contribution in [-0.2, 0) is 11.8 Å². The quantitative estimate of drug-likeness (QED) is 0.289. The number of nitrogens with one attached hydrogen (secondary N) is 1. The molecule has 4 heterocycles. The van der Waals surface area contributed by atoms with Gasteiger partial charge in [0.05, 0.1) is 35.4 Å². The van der Waals surface area contributed by atoms with Crippen molar-refractivity contribution in [3.8, 4) is 33.8 Å². The highest BCUT2D eigenvalue weighted by atomic mass is 32.1. The van der Waals surface area contributed by atoms with Crippen LogP contribution in [0.5, 0.6) is 5.75 Å². The van der Waals surface area contributed by atoms with E-state index in [1.165, 1.54) is 0 Å². The van der Waals surface area contributed by atoms with Gasteiger partial charge in [-0.15, -0.1) is 0 Å². The first kappa shape index (κ1) is 23.2. The zero-order chi connectivity index (χ0) is 25.7. The second-order valence-corrected chi connectivity index (χ2v) is 10.9. The van der Waals surface area contributed by atoms with Crippen LogP contribution in [0.25, 0.3) is 38.8 Å². The number of carbonyl (C=O) groups excluding carboxylic acids is 1. The Morgan fingerprint density at radius 1 is 1.14 bits per heavy atom. The monoisotopic (exact) mass is 509 g/mol. The Kier molecular flexibility index (Phi) is 5.49. The Labute approximate surface area is 218 Å². The summed E-state index contributed by atoms with van der Waals surface area (Å²) in [7, 11) is 0. The van der Waals surface area contributed by atoms with Crippen LogP contribution >= 0.6 is 11.3 Å². The number of fused-ring (bicyclic) bond motifs is 6. The number of hydrogen-bond donors (Lipinski definition) is 2. The number of pyridine rings is 1. The van der Waals surface area contributed by atoms with Gasteiger partial charge < -0.3 is 15.8 Å².